The first-order valence-electron chi connectivity index (χ1n) is 13.1. The fourth-order valence-electron chi connectivity index (χ4n) is 4.10. The first-order valence-corrected chi connectivity index (χ1v) is 14.6. The summed E-state index contributed by atoms with van der Waals surface area (Å²) in [6.07, 6.45) is 0.359. The maximum Gasteiger partial charge on any atom is 0.516 e. The molecular weight excluding hydrogens is 561 g/mol. The number of hydrogen-bond acceptors (Lipinski definition) is 7. The Morgan fingerprint density at radius 2 is 1.56 bits per heavy atom. The van der Waals surface area contributed by atoms with Crippen molar-refractivity contribution in [2.75, 3.05) is 17.9 Å². The fraction of sp³-hybridized carbons (Fsp3) is 0.483. The van der Waals surface area contributed by atoms with Crippen molar-refractivity contribution in [1.82, 2.24) is 4.98 Å². The van der Waals surface area contributed by atoms with Gasteiger partial charge in [0.15, 0.2) is 0 Å². The number of nitrogens with zero attached hydrogens (tertiary/aromatic N) is 1. The number of nitrogens with one attached hydrogen (secondary N) is 1. The molecule has 0 aliphatic heterocycles. The van der Waals surface area contributed by atoms with Gasteiger partial charge in [-0.05, 0) is 48.9 Å². The molecule has 8 nitrogen and oxygen atoms in total. The predicted octanol–water partition coefficient (Wildman–Crippen LogP) is 7.23. The Morgan fingerprint density at radius 3 is 2.07 bits per heavy atom. The Bertz CT molecular complexity index is 1470. The Kier molecular flexibility index (Phi) is 8.98. The predicted molar refractivity (Wildman–Crippen MR) is 151 cm³/mol. The number of ether oxygens (including phenoxy) is 2. The Hall–Kier alpha value is -3.41. The minimum Gasteiger partial charge on any atom is -0.507 e. The highest BCUT2D eigenvalue weighted by atomic mass is 32.2. The highest BCUT2D eigenvalue weighted by molar-refractivity contribution is 7.93. The topological polar surface area (TPSA) is 111 Å². The van der Waals surface area contributed by atoms with Gasteiger partial charge in [-0.1, -0.05) is 41.5 Å². The minimum absolute atomic E-state index is 0.0935. The van der Waals surface area contributed by atoms with Gasteiger partial charge in [-0.15, -0.1) is 0 Å². The van der Waals surface area contributed by atoms with Gasteiger partial charge in [0.05, 0.1) is 24.6 Å². The smallest absolute Gasteiger partial charge is 0.507 e. The van der Waals surface area contributed by atoms with Crippen LogP contribution in [0.15, 0.2) is 34.7 Å². The van der Waals surface area contributed by atoms with Gasteiger partial charge < -0.3 is 19.0 Å². The molecule has 226 valence electrons. The van der Waals surface area contributed by atoms with Gasteiger partial charge in [-0.3, -0.25) is 4.72 Å². The molecule has 0 bridgehead atoms. The third-order valence-electron chi connectivity index (χ3n) is 6.28. The third kappa shape index (κ3) is 7.46. The molecular formula is C29H37F3N2O6S. The lowest BCUT2D eigenvalue weighted by molar-refractivity contribution is -0.0429. The molecule has 0 aliphatic carbocycles. The van der Waals surface area contributed by atoms with Crippen LogP contribution in [0, 0.1) is 6.92 Å². The molecule has 0 fully saturated rings. The largest absolute Gasteiger partial charge is 0.516 e. The van der Waals surface area contributed by atoms with Crippen LogP contribution in [0.3, 0.4) is 0 Å². The van der Waals surface area contributed by atoms with Crippen molar-refractivity contribution in [3.63, 3.8) is 0 Å². The summed E-state index contributed by atoms with van der Waals surface area (Å²) in [7, 11) is -5.61. The molecule has 41 heavy (non-hydrogen) atoms. The molecule has 1 heterocycles. The number of benzene rings is 2. The Labute approximate surface area is 238 Å². The summed E-state index contributed by atoms with van der Waals surface area (Å²) in [5.74, 6) is 1.43. The molecule has 0 unspecified atom stereocenters. The summed E-state index contributed by atoms with van der Waals surface area (Å²) >= 11 is 0. The molecule has 0 atom stereocenters. The van der Waals surface area contributed by atoms with E-state index in [1.165, 1.54) is 16.9 Å². The fourth-order valence-corrected chi connectivity index (χ4v) is 4.68. The number of hydrogen-bond donors (Lipinski definition) is 2. The van der Waals surface area contributed by atoms with Gasteiger partial charge in [-0.25, -0.2) is 4.98 Å². The second-order valence-corrected chi connectivity index (χ2v) is 13.4. The maximum atomic E-state index is 12.8. The summed E-state index contributed by atoms with van der Waals surface area (Å²) in [4.78, 5) is 4.68. The number of aromatic hydroxyl groups is 1. The quantitative estimate of drug-likeness (QED) is 0.267. The monoisotopic (exact) mass is 598 g/mol. The molecule has 0 radical (unpaired) electrons. The van der Waals surface area contributed by atoms with Crippen molar-refractivity contribution in [3.8, 4) is 28.7 Å². The van der Waals surface area contributed by atoms with Crippen LogP contribution >= 0.6 is 0 Å². The highest BCUT2D eigenvalue weighted by Crippen LogP contribution is 2.42. The molecule has 3 aromatic rings. The van der Waals surface area contributed by atoms with Crippen LogP contribution in [-0.2, 0) is 27.3 Å². The Morgan fingerprint density at radius 1 is 0.976 bits per heavy atom. The number of aromatic nitrogens is 1. The molecule has 0 saturated heterocycles. The van der Waals surface area contributed by atoms with E-state index in [0.717, 1.165) is 22.8 Å². The van der Waals surface area contributed by atoms with Crippen LogP contribution in [0.25, 0.3) is 11.5 Å². The van der Waals surface area contributed by atoms with Crippen molar-refractivity contribution in [2.24, 2.45) is 0 Å². The number of halogens is 3. The van der Waals surface area contributed by atoms with Crippen molar-refractivity contribution in [3.05, 3.63) is 52.9 Å². The van der Waals surface area contributed by atoms with E-state index in [2.05, 4.69) is 4.98 Å². The van der Waals surface area contributed by atoms with E-state index < -0.39 is 15.5 Å². The zero-order chi connectivity index (χ0) is 31.0. The van der Waals surface area contributed by atoms with Gasteiger partial charge in [0.25, 0.3) is 0 Å². The van der Waals surface area contributed by atoms with Crippen LogP contribution < -0.4 is 14.2 Å². The second-order valence-electron chi connectivity index (χ2n) is 11.7. The number of anilines is 1. The third-order valence-corrected chi connectivity index (χ3v) is 7.37. The lowest BCUT2D eigenvalue weighted by atomic mass is 9.78. The van der Waals surface area contributed by atoms with E-state index >= 15 is 0 Å². The van der Waals surface area contributed by atoms with E-state index in [1.54, 1.807) is 13.8 Å². The van der Waals surface area contributed by atoms with Crippen molar-refractivity contribution < 1.29 is 40.6 Å². The van der Waals surface area contributed by atoms with E-state index in [1.807, 2.05) is 53.7 Å². The molecule has 0 saturated carbocycles. The van der Waals surface area contributed by atoms with Gasteiger partial charge >= 0.3 is 15.5 Å². The average Bonchev–Trinajstić information content (AvgIpc) is 3.19. The minimum atomic E-state index is -5.61. The number of sulfonamides is 1. The van der Waals surface area contributed by atoms with Crippen molar-refractivity contribution in [1.29, 1.82) is 0 Å². The molecule has 2 N–H and O–H groups in total. The molecule has 1 aromatic heterocycles. The van der Waals surface area contributed by atoms with Gasteiger partial charge in [-0.2, -0.15) is 21.6 Å². The van der Waals surface area contributed by atoms with E-state index in [4.69, 9.17) is 13.9 Å². The normalized spacial score (nSPS) is 12.9. The summed E-state index contributed by atoms with van der Waals surface area (Å²) in [6, 6.07) is 7.58. The average molecular weight is 599 g/mol. The highest BCUT2D eigenvalue weighted by Gasteiger charge is 2.46. The standard InChI is InChI=1S/C29H37F3N2O6S/c1-9-38-24-16-19(10-11-23(24)34-41(36,37)29(30,31)32)39-13-12-22-17(2)40-26(33-22)18-14-20(27(3,4)5)25(35)21(15-18)28(6,7)8/h10-11,14-16,34-35H,9,12-13H2,1-8H3. The van der Waals surface area contributed by atoms with E-state index in [-0.39, 0.29) is 47.0 Å². The first kappa shape index (κ1) is 32.1. The molecule has 12 heteroatoms. The van der Waals surface area contributed by atoms with Crippen LogP contribution in [0.4, 0.5) is 18.9 Å². The Balaban J connectivity index is 1.81. The lowest BCUT2D eigenvalue weighted by Crippen LogP contribution is -2.30. The molecule has 0 spiro atoms. The van der Waals surface area contributed by atoms with Crippen molar-refractivity contribution >= 4 is 15.7 Å². The summed E-state index contributed by atoms with van der Waals surface area (Å²) < 4.78 is 80.1. The first-order chi connectivity index (χ1) is 18.7. The lowest BCUT2D eigenvalue weighted by Gasteiger charge is -2.27. The zero-order valence-electron chi connectivity index (χ0n) is 24.5. The summed E-state index contributed by atoms with van der Waals surface area (Å²) in [6.45, 7) is 15.8. The number of phenolic OH excluding ortho intramolecular Hbond substituents is 1. The van der Waals surface area contributed by atoms with Gasteiger partial charge in [0.1, 0.15) is 23.0 Å². The van der Waals surface area contributed by atoms with Crippen LogP contribution in [0.5, 0.6) is 17.2 Å². The number of alkyl halides is 3. The van der Waals surface area contributed by atoms with Crippen molar-refractivity contribution in [2.45, 2.75) is 78.1 Å². The summed E-state index contributed by atoms with van der Waals surface area (Å²) in [5.41, 5.74) is -3.50. The number of oxazole rings is 1. The van der Waals surface area contributed by atoms with Crippen LogP contribution in [-0.4, -0.2) is 37.2 Å². The molecule has 2 aromatic carbocycles. The number of phenols is 1. The van der Waals surface area contributed by atoms with Gasteiger partial charge in [0.2, 0.25) is 5.89 Å². The SMILES string of the molecule is CCOc1cc(OCCc2nc(-c3cc(C(C)(C)C)c(O)c(C(C)(C)C)c3)oc2C)ccc1NS(=O)(=O)C(F)(F)F. The van der Waals surface area contributed by atoms with E-state index in [9.17, 15) is 26.7 Å². The van der Waals surface area contributed by atoms with Crippen LogP contribution in [0.2, 0.25) is 0 Å². The number of rotatable bonds is 9. The zero-order valence-corrected chi connectivity index (χ0v) is 25.3. The second kappa shape index (κ2) is 11.5. The van der Waals surface area contributed by atoms with E-state index in [0.29, 0.717) is 23.8 Å². The number of aryl methyl sites for hydroxylation is 1. The van der Waals surface area contributed by atoms with Crippen LogP contribution in [0.1, 0.15) is 71.0 Å². The molecule has 0 aliphatic rings. The summed E-state index contributed by atoms with van der Waals surface area (Å²) in [5, 5.41) is 11.0. The molecule has 0 amide bonds. The maximum absolute atomic E-state index is 12.8. The molecule has 3 rings (SSSR count). The van der Waals surface area contributed by atoms with Gasteiger partial charge in [0, 0.05) is 29.2 Å².